The smallest absolute Gasteiger partial charge is 0.0989 e. The highest BCUT2D eigenvalue weighted by Crippen LogP contribution is 2.24. The molecule has 18 heavy (non-hydrogen) atoms. The second-order valence-corrected chi connectivity index (χ2v) is 4.55. The van der Waals surface area contributed by atoms with Crippen molar-refractivity contribution in [3.63, 3.8) is 0 Å². The van der Waals surface area contributed by atoms with E-state index in [-0.39, 0.29) is 0 Å². The van der Waals surface area contributed by atoms with Gasteiger partial charge in [-0.15, -0.1) is 0 Å². The van der Waals surface area contributed by atoms with Gasteiger partial charge < -0.3 is 9.80 Å². The van der Waals surface area contributed by atoms with Crippen molar-refractivity contribution >= 4 is 11.4 Å². The van der Waals surface area contributed by atoms with E-state index in [1.54, 1.807) is 0 Å². The van der Waals surface area contributed by atoms with Crippen LogP contribution in [-0.2, 0) is 0 Å². The van der Waals surface area contributed by atoms with Gasteiger partial charge in [0.05, 0.1) is 6.67 Å². The number of benzene rings is 2. The molecule has 0 saturated carbocycles. The average Bonchev–Trinajstić information content (AvgIpc) is 2.89. The summed E-state index contributed by atoms with van der Waals surface area (Å²) < 4.78 is 0. The van der Waals surface area contributed by atoms with Gasteiger partial charge in [0, 0.05) is 23.8 Å². The zero-order valence-corrected chi connectivity index (χ0v) is 10.5. The van der Waals surface area contributed by atoms with E-state index >= 15 is 0 Å². The lowest BCUT2D eigenvalue weighted by atomic mass is 10.2. The van der Waals surface area contributed by atoms with Crippen molar-refractivity contribution in [3.05, 3.63) is 72.6 Å². The molecule has 0 aromatic heterocycles. The lowest BCUT2D eigenvalue weighted by Crippen LogP contribution is -2.24. The van der Waals surface area contributed by atoms with Crippen LogP contribution in [0.4, 0.5) is 11.4 Å². The zero-order chi connectivity index (χ0) is 12.4. The summed E-state index contributed by atoms with van der Waals surface area (Å²) in [5, 5.41) is 0. The fraction of sp³-hybridized carbons (Fsp3) is 0.125. The number of aryl methyl sites for hydroxylation is 1. The van der Waals surface area contributed by atoms with Crippen LogP contribution in [-0.4, -0.2) is 6.67 Å². The highest BCUT2D eigenvalue weighted by molar-refractivity contribution is 5.59. The summed E-state index contributed by atoms with van der Waals surface area (Å²) in [5.74, 6) is 0. The highest BCUT2D eigenvalue weighted by atomic mass is 15.3. The van der Waals surface area contributed by atoms with Gasteiger partial charge in [-0.2, -0.15) is 0 Å². The van der Waals surface area contributed by atoms with Crippen molar-refractivity contribution in [1.82, 2.24) is 0 Å². The van der Waals surface area contributed by atoms with Crippen LogP contribution in [0.1, 0.15) is 5.56 Å². The van der Waals surface area contributed by atoms with Crippen LogP contribution in [0.15, 0.2) is 67.0 Å². The van der Waals surface area contributed by atoms with E-state index in [0.29, 0.717) is 0 Å². The monoisotopic (exact) mass is 236 g/mol. The molecule has 1 heterocycles. The van der Waals surface area contributed by atoms with Crippen molar-refractivity contribution in [3.8, 4) is 0 Å². The van der Waals surface area contributed by atoms with Gasteiger partial charge >= 0.3 is 0 Å². The molecule has 3 rings (SSSR count). The maximum atomic E-state index is 2.25. The molecular weight excluding hydrogens is 220 g/mol. The molecule has 0 aliphatic carbocycles. The molecular formula is C16H16N2. The SMILES string of the molecule is Cc1cccc(N2C=CN(c3ccccc3)C2)c1. The number of hydrogen-bond acceptors (Lipinski definition) is 2. The van der Waals surface area contributed by atoms with E-state index in [9.17, 15) is 0 Å². The predicted octanol–water partition coefficient (Wildman–Crippen LogP) is 3.75. The minimum atomic E-state index is 0.869. The average molecular weight is 236 g/mol. The first-order chi connectivity index (χ1) is 8.83. The quantitative estimate of drug-likeness (QED) is 0.783. The topological polar surface area (TPSA) is 6.48 Å². The van der Waals surface area contributed by atoms with Crippen molar-refractivity contribution in [2.45, 2.75) is 6.92 Å². The third kappa shape index (κ3) is 2.09. The second-order valence-electron chi connectivity index (χ2n) is 4.55. The maximum absolute atomic E-state index is 2.25. The van der Waals surface area contributed by atoms with E-state index in [1.807, 2.05) is 6.07 Å². The Kier molecular flexibility index (Phi) is 2.77. The Morgan fingerprint density at radius 1 is 0.778 bits per heavy atom. The Morgan fingerprint density at radius 3 is 2.17 bits per heavy atom. The van der Waals surface area contributed by atoms with Gasteiger partial charge in [-0.25, -0.2) is 0 Å². The first-order valence-corrected chi connectivity index (χ1v) is 6.16. The Bertz CT molecular complexity index is 560. The summed E-state index contributed by atoms with van der Waals surface area (Å²) in [4.78, 5) is 4.49. The van der Waals surface area contributed by atoms with Crippen LogP contribution in [0.2, 0.25) is 0 Å². The van der Waals surface area contributed by atoms with Crippen LogP contribution in [0.25, 0.3) is 0 Å². The Morgan fingerprint density at radius 2 is 1.44 bits per heavy atom. The predicted molar refractivity (Wildman–Crippen MR) is 76.6 cm³/mol. The molecule has 0 saturated heterocycles. The summed E-state index contributed by atoms with van der Waals surface area (Å²) in [5.41, 5.74) is 3.76. The number of hydrogen-bond donors (Lipinski definition) is 0. The molecule has 0 bridgehead atoms. The number of nitrogens with zero attached hydrogens (tertiary/aromatic N) is 2. The minimum absolute atomic E-state index is 0.869. The summed E-state index contributed by atoms with van der Waals surface area (Å²) in [6, 6.07) is 19.0. The Balaban J connectivity index is 1.79. The molecule has 0 amide bonds. The van der Waals surface area contributed by atoms with Gasteiger partial charge in [0.15, 0.2) is 0 Å². The molecule has 2 heteroatoms. The van der Waals surface area contributed by atoms with Gasteiger partial charge in [0.1, 0.15) is 0 Å². The van der Waals surface area contributed by atoms with Crippen LogP contribution in [0.5, 0.6) is 0 Å². The fourth-order valence-corrected chi connectivity index (χ4v) is 2.18. The summed E-state index contributed by atoms with van der Waals surface area (Å²) in [7, 11) is 0. The molecule has 0 N–H and O–H groups in total. The second kappa shape index (κ2) is 4.57. The molecule has 2 aromatic carbocycles. The van der Waals surface area contributed by atoms with Crippen LogP contribution >= 0.6 is 0 Å². The molecule has 0 unspecified atom stereocenters. The molecule has 1 aliphatic rings. The van der Waals surface area contributed by atoms with E-state index in [1.165, 1.54) is 16.9 Å². The first-order valence-electron chi connectivity index (χ1n) is 6.16. The minimum Gasteiger partial charge on any atom is -0.328 e. The van der Waals surface area contributed by atoms with E-state index in [0.717, 1.165) is 6.67 Å². The number of anilines is 2. The van der Waals surface area contributed by atoms with Gasteiger partial charge in [0.25, 0.3) is 0 Å². The summed E-state index contributed by atoms with van der Waals surface area (Å²) >= 11 is 0. The van der Waals surface area contributed by atoms with Crippen molar-refractivity contribution < 1.29 is 0 Å². The molecule has 2 nitrogen and oxygen atoms in total. The normalized spacial score (nSPS) is 14.3. The lowest BCUT2D eigenvalue weighted by molar-refractivity contribution is 0.974. The molecule has 90 valence electrons. The lowest BCUT2D eigenvalue weighted by Gasteiger charge is -2.21. The molecule has 0 atom stereocenters. The van der Waals surface area contributed by atoms with E-state index in [2.05, 4.69) is 77.7 Å². The molecule has 2 aromatic rings. The van der Waals surface area contributed by atoms with Crippen molar-refractivity contribution in [2.75, 3.05) is 16.5 Å². The first kappa shape index (κ1) is 10.9. The van der Waals surface area contributed by atoms with Crippen LogP contribution in [0, 0.1) is 6.92 Å². The van der Waals surface area contributed by atoms with Crippen molar-refractivity contribution in [1.29, 1.82) is 0 Å². The van der Waals surface area contributed by atoms with Gasteiger partial charge in [-0.05, 0) is 36.8 Å². The maximum Gasteiger partial charge on any atom is 0.0989 e. The fourth-order valence-electron chi connectivity index (χ4n) is 2.18. The van der Waals surface area contributed by atoms with Gasteiger partial charge in [-0.3, -0.25) is 0 Å². The van der Waals surface area contributed by atoms with Crippen molar-refractivity contribution in [2.24, 2.45) is 0 Å². The number of para-hydroxylation sites is 1. The van der Waals surface area contributed by atoms with Gasteiger partial charge in [0.2, 0.25) is 0 Å². The van der Waals surface area contributed by atoms with Crippen LogP contribution in [0.3, 0.4) is 0 Å². The third-order valence-electron chi connectivity index (χ3n) is 3.15. The molecule has 0 spiro atoms. The summed E-state index contributed by atoms with van der Waals surface area (Å²) in [6.07, 6.45) is 4.25. The number of rotatable bonds is 2. The Hall–Kier alpha value is -2.22. The van der Waals surface area contributed by atoms with Gasteiger partial charge in [-0.1, -0.05) is 30.3 Å². The standard InChI is InChI=1S/C16H16N2/c1-14-6-5-9-16(12-14)18-11-10-17(13-18)15-7-3-2-4-8-15/h2-12H,13H2,1H3. The largest absolute Gasteiger partial charge is 0.328 e. The van der Waals surface area contributed by atoms with E-state index < -0.39 is 0 Å². The van der Waals surface area contributed by atoms with E-state index in [4.69, 9.17) is 0 Å². The Labute approximate surface area is 108 Å². The zero-order valence-electron chi connectivity index (χ0n) is 10.5. The molecule has 0 fully saturated rings. The molecule has 0 radical (unpaired) electrons. The summed E-state index contributed by atoms with van der Waals surface area (Å²) in [6.45, 7) is 2.99. The van der Waals surface area contributed by atoms with Crippen LogP contribution < -0.4 is 9.80 Å². The third-order valence-corrected chi connectivity index (χ3v) is 3.15. The highest BCUT2D eigenvalue weighted by Gasteiger charge is 2.14. The molecule has 1 aliphatic heterocycles.